The summed E-state index contributed by atoms with van der Waals surface area (Å²) in [5, 5.41) is 34.8. The molecule has 10 heteroatoms. The van der Waals surface area contributed by atoms with Crippen molar-refractivity contribution in [3.05, 3.63) is 11.5 Å². The molecule has 0 amide bonds. The normalized spacial score (nSPS) is 32.2. The van der Waals surface area contributed by atoms with Crippen molar-refractivity contribution in [3.63, 3.8) is 0 Å². The zero-order valence-corrected chi connectivity index (χ0v) is 16.2. The van der Waals surface area contributed by atoms with Gasteiger partial charge in [0.05, 0.1) is 18.2 Å². The third-order valence-electron chi connectivity index (χ3n) is 6.43. The number of halogens is 1. The van der Waals surface area contributed by atoms with Gasteiger partial charge in [-0.3, -0.25) is 0 Å². The molecule has 152 valence electrons. The first-order chi connectivity index (χ1) is 13.5. The molecular formula is C18H24ClN5O4. The van der Waals surface area contributed by atoms with E-state index in [4.69, 9.17) is 16.3 Å². The van der Waals surface area contributed by atoms with Crippen molar-refractivity contribution < 1.29 is 20.1 Å². The highest BCUT2D eigenvalue weighted by Gasteiger charge is 2.46. The minimum absolute atomic E-state index is 0.0978. The molecule has 5 rings (SSSR count). The summed E-state index contributed by atoms with van der Waals surface area (Å²) < 4.78 is 7.00. The SMILES string of the molecule is OC[C@H]1O[C@@H](n2ncc3c(N4CC5(CCCCC5)C4)nc(Cl)nc32)[C@H](O)[C@@H]1O. The third-order valence-corrected chi connectivity index (χ3v) is 6.60. The van der Waals surface area contributed by atoms with E-state index in [2.05, 4.69) is 20.0 Å². The van der Waals surface area contributed by atoms with Gasteiger partial charge in [-0.25, -0.2) is 4.68 Å². The summed E-state index contributed by atoms with van der Waals surface area (Å²) in [6, 6.07) is 0. The Kier molecular flexibility index (Phi) is 4.48. The summed E-state index contributed by atoms with van der Waals surface area (Å²) in [4.78, 5) is 10.9. The topological polar surface area (TPSA) is 117 Å². The van der Waals surface area contributed by atoms with Crippen molar-refractivity contribution in [1.82, 2.24) is 19.7 Å². The molecule has 2 saturated heterocycles. The maximum atomic E-state index is 10.3. The lowest BCUT2D eigenvalue weighted by Crippen LogP contribution is -2.57. The Morgan fingerprint density at radius 2 is 1.89 bits per heavy atom. The number of nitrogens with zero attached hydrogens (tertiary/aromatic N) is 5. The van der Waals surface area contributed by atoms with Gasteiger partial charge in [-0.2, -0.15) is 15.1 Å². The Balaban J connectivity index is 1.47. The van der Waals surface area contributed by atoms with Crippen LogP contribution in [0.25, 0.3) is 11.0 Å². The van der Waals surface area contributed by atoms with Crippen LogP contribution in [0.5, 0.6) is 0 Å². The quantitative estimate of drug-likeness (QED) is 0.639. The van der Waals surface area contributed by atoms with Gasteiger partial charge in [-0.05, 0) is 24.4 Å². The molecule has 1 spiro atoms. The van der Waals surface area contributed by atoms with Crippen LogP contribution in [-0.4, -0.2) is 73.1 Å². The van der Waals surface area contributed by atoms with Crippen molar-refractivity contribution in [3.8, 4) is 0 Å². The first-order valence-corrected chi connectivity index (χ1v) is 10.2. The number of fused-ring (bicyclic) bond motifs is 1. The second-order valence-corrected chi connectivity index (χ2v) is 8.63. The monoisotopic (exact) mass is 409 g/mol. The highest BCUT2D eigenvalue weighted by molar-refractivity contribution is 6.28. The van der Waals surface area contributed by atoms with Gasteiger partial charge in [0, 0.05) is 18.5 Å². The van der Waals surface area contributed by atoms with Gasteiger partial charge in [0.2, 0.25) is 5.28 Å². The molecular weight excluding hydrogens is 386 g/mol. The Morgan fingerprint density at radius 3 is 2.57 bits per heavy atom. The fraction of sp³-hybridized carbons (Fsp3) is 0.722. The molecule has 9 nitrogen and oxygen atoms in total. The molecule has 3 aliphatic rings. The van der Waals surface area contributed by atoms with E-state index in [-0.39, 0.29) is 5.28 Å². The second-order valence-electron chi connectivity index (χ2n) is 8.29. The fourth-order valence-corrected chi connectivity index (χ4v) is 5.09. The van der Waals surface area contributed by atoms with Crippen molar-refractivity contribution in [2.24, 2.45) is 5.41 Å². The predicted molar refractivity (Wildman–Crippen MR) is 101 cm³/mol. The van der Waals surface area contributed by atoms with Gasteiger partial charge in [-0.1, -0.05) is 19.3 Å². The molecule has 0 radical (unpaired) electrons. The molecule has 0 aromatic carbocycles. The van der Waals surface area contributed by atoms with Crippen LogP contribution < -0.4 is 4.90 Å². The lowest BCUT2D eigenvalue weighted by atomic mass is 9.68. The number of aromatic nitrogens is 4. The highest BCUT2D eigenvalue weighted by Crippen LogP contribution is 2.46. The standard InChI is InChI=1S/C18H24ClN5O4/c19-17-21-14(23-8-18(9-23)4-2-1-3-5-18)10-6-20-24(15(10)22-17)16-13(27)12(26)11(7-25)28-16/h6,11-13,16,25-27H,1-5,7-9H2/t11-,12-,13-,16-/m1/s1. The molecule has 1 aliphatic carbocycles. The molecule has 2 aromatic heterocycles. The summed E-state index contributed by atoms with van der Waals surface area (Å²) >= 11 is 6.20. The number of anilines is 1. The van der Waals surface area contributed by atoms with Crippen molar-refractivity contribution in [2.45, 2.75) is 56.6 Å². The van der Waals surface area contributed by atoms with Gasteiger partial charge in [0.25, 0.3) is 0 Å². The number of ether oxygens (including phenoxy) is 1. The van der Waals surface area contributed by atoms with Crippen molar-refractivity contribution in [2.75, 3.05) is 24.6 Å². The van der Waals surface area contributed by atoms with Crippen molar-refractivity contribution >= 4 is 28.5 Å². The average molecular weight is 410 g/mol. The fourth-order valence-electron chi connectivity index (χ4n) is 4.93. The number of aliphatic hydroxyl groups excluding tert-OH is 3. The van der Waals surface area contributed by atoms with Crippen LogP contribution in [-0.2, 0) is 4.74 Å². The Morgan fingerprint density at radius 1 is 1.14 bits per heavy atom. The van der Waals surface area contributed by atoms with E-state index < -0.39 is 31.1 Å². The van der Waals surface area contributed by atoms with Gasteiger partial charge in [0.15, 0.2) is 11.9 Å². The van der Waals surface area contributed by atoms with Crippen molar-refractivity contribution in [1.29, 1.82) is 0 Å². The molecule has 4 heterocycles. The molecule has 3 fully saturated rings. The van der Waals surface area contributed by atoms with Crippen LogP contribution >= 0.6 is 11.6 Å². The first-order valence-electron chi connectivity index (χ1n) is 9.79. The maximum absolute atomic E-state index is 10.3. The van der Waals surface area contributed by atoms with Crippen LogP contribution in [0.15, 0.2) is 6.20 Å². The Bertz CT molecular complexity index is 878. The summed E-state index contributed by atoms with van der Waals surface area (Å²) in [6.07, 6.45) is 3.79. The van der Waals surface area contributed by atoms with Crippen LogP contribution in [0.3, 0.4) is 0 Å². The minimum Gasteiger partial charge on any atom is -0.394 e. The number of hydrogen-bond acceptors (Lipinski definition) is 8. The van der Waals surface area contributed by atoms with Gasteiger partial charge in [0.1, 0.15) is 24.1 Å². The third kappa shape index (κ3) is 2.80. The van der Waals surface area contributed by atoms with E-state index in [1.165, 1.54) is 36.8 Å². The molecule has 4 atom stereocenters. The zero-order chi connectivity index (χ0) is 19.5. The summed E-state index contributed by atoms with van der Waals surface area (Å²) in [6.45, 7) is 1.51. The minimum atomic E-state index is -1.23. The van der Waals surface area contributed by atoms with Gasteiger partial charge < -0.3 is 25.0 Å². The number of hydrogen-bond donors (Lipinski definition) is 3. The summed E-state index contributed by atoms with van der Waals surface area (Å²) in [7, 11) is 0. The lowest BCUT2D eigenvalue weighted by Gasteiger charge is -2.53. The molecule has 2 aliphatic heterocycles. The van der Waals surface area contributed by atoms with Crippen LogP contribution in [0.2, 0.25) is 5.28 Å². The molecule has 1 saturated carbocycles. The molecule has 0 unspecified atom stereocenters. The smallest absolute Gasteiger partial charge is 0.226 e. The Hall–Kier alpha value is -1.52. The Labute approximate surface area is 166 Å². The molecule has 28 heavy (non-hydrogen) atoms. The molecule has 3 N–H and O–H groups in total. The van der Waals surface area contributed by atoms with Crippen LogP contribution in [0, 0.1) is 5.41 Å². The van der Waals surface area contributed by atoms with E-state index in [1.807, 2.05) is 0 Å². The van der Waals surface area contributed by atoms with E-state index in [1.54, 1.807) is 6.20 Å². The summed E-state index contributed by atoms with van der Waals surface area (Å²) in [5.74, 6) is 0.740. The zero-order valence-electron chi connectivity index (χ0n) is 15.4. The van der Waals surface area contributed by atoms with Gasteiger partial charge >= 0.3 is 0 Å². The molecule has 0 bridgehead atoms. The largest absolute Gasteiger partial charge is 0.394 e. The lowest BCUT2D eigenvalue weighted by molar-refractivity contribution is -0.0566. The predicted octanol–water partition coefficient (Wildman–Crippen LogP) is 0.862. The van der Waals surface area contributed by atoms with E-state index in [9.17, 15) is 15.3 Å². The maximum Gasteiger partial charge on any atom is 0.226 e. The van der Waals surface area contributed by atoms with Crippen LogP contribution in [0.1, 0.15) is 38.3 Å². The average Bonchev–Trinajstić information content (AvgIpc) is 3.21. The van der Waals surface area contributed by atoms with E-state index in [0.717, 1.165) is 24.3 Å². The number of rotatable bonds is 3. The van der Waals surface area contributed by atoms with Gasteiger partial charge in [-0.15, -0.1) is 0 Å². The number of aliphatic hydroxyl groups is 3. The molecule has 2 aromatic rings. The van der Waals surface area contributed by atoms with E-state index in [0.29, 0.717) is 11.1 Å². The highest BCUT2D eigenvalue weighted by atomic mass is 35.5. The summed E-state index contributed by atoms with van der Waals surface area (Å²) in [5.41, 5.74) is 0.829. The van der Waals surface area contributed by atoms with Crippen LogP contribution in [0.4, 0.5) is 5.82 Å². The first kappa shape index (κ1) is 18.5. The van der Waals surface area contributed by atoms with E-state index >= 15 is 0 Å². The second kappa shape index (κ2) is 6.77.